The van der Waals surface area contributed by atoms with Crippen LogP contribution in [0.25, 0.3) is 0 Å². The number of ketones is 1. The van der Waals surface area contributed by atoms with Gasteiger partial charge in [0, 0.05) is 6.92 Å². The molecule has 0 aliphatic heterocycles. The van der Waals surface area contributed by atoms with Gasteiger partial charge in [-0.25, -0.2) is 0 Å². The zero-order valence-electron chi connectivity index (χ0n) is 7.97. The largest absolute Gasteiger partial charge is 0.481 e. The van der Waals surface area contributed by atoms with Gasteiger partial charge in [-0.2, -0.15) is 0 Å². The van der Waals surface area contributed by atoms with Gasteiger partial charge in [0.25, 0.3) is 5.97 Å². The maximum absolute atomic E-state index is 10.7. The molecule has 0 aromatic heterocycles. The molecule has 1 N–H and O–H groups in total. The summed E-state index contributed by atoms with van der Waals surface area (Å²) in [7, 11) is 0. The first-order valence-electron chi connectivity index (χ1n) is 3.49. The number of carbonyl (C=O) groups excluding carboxylic acids is 2. The molecule has 0 atom stereocenters. The van der Waals surface area contributed by atoms with E-state index in [2.05, 4.69) is 21.1 Å². The van der Waals surface area contributed by atoms with Crippen molar-refractivity contribution in [2.45, 2.75) is 27.7 Å². The van der Waals surface area contributed by atoms with Gasteiger partial charge in [0.2, 0.25) is 0 Å². The smallest absolute Gasteiger partial charge is 0.300 e. The van der Waals surface area contributed by atoms with E-state index in [1.807, 2.05) is 0 Å². The first-order valence-corrected chi connectivity index (χ1v) is 4.23. The third-order valence-corrected chi connectivity index (χ3v) is 2.25. The number of carboxylic acid groups (broad SMARTS) is 1. The Morgan fingerprint density at radius 3 is 1.38 bits per heavy atom. The van der Waals surface area contributed by atoms with Gasteiger partial charge >= 0.3 is 66.6 Å². The fourth-order valence-electron chi connectivity index (χ4n) is 0.125. The molecule has 0 aromatic carbocycles. The van der Waals surface area contributed by atoms with Gasteiger partial charge in [0.05, 0.1) is 0 Å². The molecule has 13 heavy (non-hydrogen) atoms. The SMILES string of the molecule is CC(=O)C(C)(C)[C](=O)[Ag].CC(=O)O. The van der Waals surface area contributed by atoms with Crippen LogP contribution < -0.4 is 0 Å². The monoisotopic (exact) mass is 280 g/mol. The van der Waals surface area contributed by atoms with Crippen molar-refractivity contribution in [3.8, 4) is 0 Å². The van der Waals surface area contributed by atoms with Gasteiger partial charge in [-0.1, -0.05) is 0 Å². The molecule has 0 aliphatic carbocycles. The second-order valence-electron chi connectivity index (χ2n) is 2.94. The molecule has 0 fully saturated rings. The fraction of sp³-hybridized carbons (Fsp3) is 0.625. The molecule has 0 unspecified atom stereocenters. The molecule has 5 heteroatoms. The standard InChI is InChI=1S/C6H9O2.C2H4O2.Ag/c1-5(8)6(2,3)4-7;1-2(3)4;/h1-3H3;1H3,(H,3,4);. The van der Waals surface area contributed by atoms with E-state index >= 15 is 0 Å². The molecular weight excluding hydrogens is 268 g/mol. The Kier molecular flexibility index (Phi) is 7.03. The van der Waals surface area contributed by atoms with Crippen LogP contribution in [-0.4, -0.2) is 20.9 Å². The second-order valence-corrected chi connectivity index (χ2v) is 3.61. The average Bonchev–Trinajstić information content (AvgIpc) is 1.85. The summed E-state index contributed by atoms with van der Waals surface area (Å²) in [6, 6.07) is 0. The van der Waals surface area contributed by atoms with Gasteiger partial charge in [-0.15, -0.1) is 0 Å². The summed E-state index contributed by atoms with van der Waals surface area (Å²) in [5, 5.41) is 7.42. The summed E-state index contributed by atoms with van der Waals surface area (Å²) in [6.45, 7) is 5.66. The van der Waals surface area contributed by atoms with Crippen LogP contribution in [0.2, 0.25) is 0 Å². The van der Waals surface area contributed by atoms with E-state index in [-0.39, 0.29) is 9.78 Å². The normalized spacial score (nSPS) is 9.69. The van der Waals surface area contributed by atoms with Gasteiger partial charge < -0.3 is 5.11 Å². The van der Waals surface area contributed by atoms with Gasteiger partial charge in [0.1, 0.15) is 0 Å². The number of hydrogen-bond donors (Lipinski definition) is 1. The van der Waals surface area contributed by atoms with E-state index < -0.39 is 11.4 Å². The van der Waals surface area contributed by atoms with Crippen molar-refractivity contribution in [1.82, 2.24) is 0 Å². The summed E-state index contributed by atoms with van der Waals surface area (Å²) in [6.07, 6.45) is 0. The Bertz CT molecular complexity index is 200. The number of aliphatic carboxylic acids is 1. The van der Waals surface area contributed by atoms with Gasteiger partial charge in [0.15, 0.2) is 0 Å². The summed E-state index contributed by atoms with van der Waals surface area (Å²) in [5.41, 5.74) is -0.862. The molecule has 0 heterocycles. The molecule has 4 nitrogen and oxygen atoms in total. The van der Waals surface area contributed by atoms with Crippen LogP contribution in [0, 0.1) is 5.41 Å². The number of carboxylic acids is 1. The minimum Gasteiger partial charge on any atom is -0.481 e. The second kappa shape index (κ2) is 6.07. The molecule has 80 valence electrons. The molecule has 0 rings (SSSR count). The van der Waals surface area contributed by atoms with Crippen LogP contribution in [0.5, 0.6) is 0 Å². The van der Waals surface area contributed by atoms with Crippen molar-refractivity contribution in [3.63, 3.8) is 0 Å². The van der Waals surface area contributed by atoms with Crippen molar-refractivity contribution < 1.29 is 40.6 Å². The molecule has 0 aromatic rings. The molecular formula is C8H13AgO4. The molecule has 0 bridgehead atoms. The number of carbonyl (C=O) groups is 3. The van der Waals surface area contributed by atoms with Crippen molar-refractivity contribution in [3.05, 3.63) is 0 Å². The maximum Gasteiger partial charge on any atom is 0.300 e. The van der Waals surface area contributed by atoms with E-state index in [1.165, 1.54) is 6.92 Å². The maximum atomic E-state index is 10.7. The van der Waals surface area contributed by atoms with Crippen molar-refractivity contribution in [1.29, 1.82) is 0 Å². The first-order chi connectivity index (χ1) is 5.62. The predicted octanol–water partition coefficient (Wildman–Crippen LogP) is 0.766. The van der Waals surface area contributed by atoms with Crippen LogP contribution >= 0.6 is 0 Å². The van der Waals surface area contributed by atoms with E-state index in [1.54, 1.807) is 13.8 Å². The van der Waals surface area contributed by atoms with Crippen LogP contribution in [0.3, 0.4) is 0 Å². The molecule has 0 aliphatic rings. The Morgan fingerprint density at radius 1 is 1.15 bits per heavy atom. The summed E-state index contributed by atoms with van der Waals surface area (Å²) >= 11 is 2.75. The zero-order chi connectivity index (χ0) is 11.2. The van der Waals surface area contributed by atoms with E-state index in [9.17, 15) is 9.59 Å². The minimum atomic E-state index is -0.862. The van der Waals surface area contributed by atoms with Crippen LogP contribution in [0.15, 0.2) is 0 Å². The molecule has 0 saturated heterocycles. The Morgan fingerprint density at radius 2 is 1.38 bits per heavy atom. The van der Waals surface area contributed by atoms with Crippen LogP contribution in [0.4, 0.5) is 0 Å². The minimum absolute atomic E-state index is 0.122. The average molecular weight is 281 g/mol. The van der Waals surface area contributed by atoms with Crippen LogP contribution in [0.1, 0.15) is 27.7 Å². The predicted molar refractivity (Wildman–Crippen MR) is 42.8 cm³/mol. The number of rotatable bonds is 2. The van der Waals surface area contributed by atoms with E-state index in [0.717, 1.165) is 6.92 Å². The summed E-state index contributed by atoms with van der Waals surface area (Å²) < 4.78 is -0.264. The molecule has 0 spiro atoms. The summed E-state index contributed by atoms with van der Waals surface area (Å²) in [5.74, 6) is -0.955. The summed E-state index contributed by atoms with van der Waals surface area (Å²) in [4.78, 5) is 30.3. The molecule has 0 amide bonds. The number of Topliss-reactive ketones (excluding diaryl/α,β-unsaturated/α-hetero) is 1. The van der Waals surface area contributed by atoms with Gasteiger partial charge in [-0.3, -0.25) is 4.79 Å². The van der Waals surface area contributed by atoms with Crippen molar-refractivity contribution >= 4 is 15.8 Å². The van der Waals surface area contributed by atoms with Crippen molar-refractivity contribution in [2.75, 3.05) is 0 Å². The third-order valence-electron chi connectivity index (χ3n) is 1.32. The number of hydrogen-bond acceptors (Lipinski definition) is 3. The molecule has 0 saturated carbocycles. The first kappa shape index (κ1) is 15.0. The van der Waals surface area contributed by atoms with E-state index in [0.29, 0.717) is 0 Å². The Hall–Kier alpha value is -0.450. The quantitative estimate of drug-likeness (QED) is 0.599. The zero-order valence-corrected chi connectivity index (χ0v) is 9.46. The Labute approximate surface area is 89.6 Å². The molecule has 0 radical (unpaired) electrons. The van der Waals surface area contributed by atoms with Crippen LogP contribution in [-0.2, 0) is 35.5 Å². The van der Waals surface area contributed by atoms with Gasteiger partial charge in [-0.05, 0) is 0 Å². The fourth-order valence-corrected chi connectivity index (χ4v) is 0.386. The topological polar surface area (TPSA) is 71.4 Å². The van der Waals surface area contributed by atoms with Crippen molar-refractivity contribution in [2.24, 2.45) is 5.41 Å². The third kappa shape index (κ3) is 7.90. The Balaban J connectivity index is 0. The van der Waals surface area contributed by atoms with E-state index in [4.69, 9.17) is 9.90 Å².